The van der Waals surface area contributed by atoms with Crippen molar-refractivity contribution in [2.24, 2.45) is 0 Å². The van der Waals surface area contributed by atoms with Crippen molar-refractivity contribution in [3.8, 4) is 0 Å². The lowest BCUT2D eigenvalue weighted by atomic mass is 10.1. The molecule has 0 aliphatic heterocycles. The van der Waals surface area contributed by atoms with E-state index in [2.05, 4.69) is 58.9 Å². The molecule has 14 heavy (non-hydrogen) atoms. The highest BCUT2D eigenvalue weighted by atomic mass is 79.9. The highest BCUT2D eigenvalue weighted by Gasteiger charge is 1.95. The first-order valence-corrected chi connectivity index (χ1v) is 5.38. The maximum atomic E-state index is 3.74. The Kier molecular flexibility index (Phi) is 2.69. The van der Waals surface area contributed by atoms with E-state index in [4.69, 9.17) is 0 Å². The van der Waals surface area contributed by atoms with Crippen LogP contribution in [0, 0.1) is 0 Å². The predicted molar refractivity (Wildman–Crippen MR) is 65.5 cm³/mol. The first-order valence-electron chi connectivity index (χ1n) is 4.59. The molecule has 0 unspecified atom stereocenters. The standard InChI is InChI=1S/C13H11Br/c1-2-3-10-4-5-12-9-13(14)7-6-11(12)8-10/h2,4-9H,1,3H2. The van der Waals surface area contributed by atoms with E-state index in [-0.39, 0.29) is 0 Å². The largest absolute Gasteiger partial charge is 0.103 e. The first kappa shape index (κ1) is 9.47. The van der Waals surface area contributed by atoms with Gasteiger partial charge in [-0.15, -0.1) is 6.58 Å². The molecule has 0 aliphatic carbocycles. The monoisotopic (exact) mass is 246 g/mol. The molecule has 0 saturated heterocycles. The number of hydrogen-bond donors (Lipinski definition) is 0. The lowest BCUT2D eigenvalue weighted by Crippen LogP contribution is -1.81. The summed E-state index contributed by atoms with van der Waals surface area (Å²) >= 11 is 3.47. The fourth-order valence-corrected chi connectivity index (χ4v) is 1.94. The molecule has 0 bridgehead atoms. The van der Waals surface area contributed by atoms with Gasteiger partial charge >= 0.3 is 0 Å². The Morgan fingerprint density at radius 1 is 1.07 bits per heavy atom. The summed E-state index contributed by atoms with van der Waals surface area (Å²) in [5, 5.41) is 2.56. The molecule has 1 heteroatoms. The third-order valence-electron chi connectivity index (χ3n) is 2.25. The molecule has 0 aromatic heterocycles. The Labute approximate surface area is 92.4 Å². The van der Waals surface area contributed by atoms with Gasteiger partial charge < -0.3 is 0 Å². The number of fused-ring (bicyclic) bond motifs is 1. The van der Waals surface area contributed by atoms with E-state index in [9.17, 15) is 0 Å². The molecule has 2 rings (SSSR count). The zero-order valence-corrected chi connectivity index (χ0v) is 9.42. The molecule has 70 valence electrons. The highest BCUT2D eigenvalue weighted by Crippen LogP contribution is 2.21. The molecular weight excluding hydrogens is 236 g/mol. The molecule has 2 aromatic carbocycles. The van der Waals surface area contributed by atoms with Crippen LogP contribution in [0.2, 0.25) is 0 Å². The third-order valence-corrected chi connectivity index (χ3v) is 2.74. The molecule has 0 spiro atoms. The van der Waals surface area contributed by atoms with Crippen molar-refractivity contribution in [2.75, 3.05) is 0 Å². The van der Waals surface area contributed by atoms with Crippen LogP contribution in [-0.4, -0.2) is 0 Å². The van der Waals surface area contributed by atoms with Crippen LogP contribution in [0.25, 0.3) is 10.8 Å². The zero-order chi connectivity index (χ0) is 9.97. The fourth-order valence-electron chi connectivity index (χ4n) is 1.56. The van der Waals surface area contributed by atoms with E-state index < -0.39 is 0 Å². The summed E-state index contributed by atoms with van der Waals surface area (Å²) in [5.41, 5.74) is 1.31. The van der Waals surface area contributed by atoms with Crippen molar-refractivity contribution in [1.82, 2.24) is 0 Å². The molecule has 0 heterocycles. The Balaban J connectivity index is 2.55. The van der Waals surface area contributed by atoms with Crippen LogP contribution in [0.4, 0.5) is 0 Å². The molecule has 0 nitrogen and oxygen atoms in total. The smallest absolute Gasteiger partial charge is 0.0181 e. The van der Waals surface area contributed by atoms with Gasteiger partial charge in [0, 0.05) is 4.47 Å². The van der Waals surface area contributed by atoms with Crippen LogP contribution < -0.4 is 0 Å². The van der Waals surface area contributed by atoms with Gasteiger partial charge in [0.15, 0.2) is 0 Å². The summed E-state index contributed by atoms with van der Waals surface area (Å²) in [5.74, 6) is 0. The topological polar surface area (TPSA) is 0 Å². The van der Waals surface area contributed by atoms with Crippen LogP contribution >= 0.6 is 15.9 Å². The summed E-state index contributed by atoms with van der Waals surface area (Å²) in [4.78, 5) is 0. The van der Waals surface area contributed by atoms with Gasteiger partial charge in [0.05, 0.1) is 0 Å². The molecular formula is C13H11Br. The molecule has 0 radical (unpaired) electrons. The number of halogens is 1. The van der Waals surface area contributed by atoms with Crippen LogP contribution in [0.5, 0.6) is 0 Å². The average Bonchev–Trinajstić information content (AvgIpc) is 2.19. The Morgan fingerprint density at radius 3 is 2.57 bits per heavy atom. The van der Waals surface area contributed by atoms with Crippen molar-refractivity contribution in [3.63, 3.8) is 0 Å². The van der Waals surface area contributed by atoms with Crippen LogP contribution in [0.1, 0.15) is 5.56 Å². The van der Waals surface area contributed by atoms with E-state index in [1.54, 1.807) is 0 Å². The number of rotatable bonds is 2. The van der Waals surface area contributed by atoms with E-state index in [1.165, 1.54) is 16.3 Å². The molecule has 2 aromatic rings. The minimum atomic E-state index is 0.937. The van der Waals surface area contributed by atoms with Crippen molar-refractivity contribution in [1.29, 1.82) is 0 Å². The van der Waals surface area contributed by atoms with Crippen LogP contribution in [0.3, 0.4) is 0 Å². The molecule has 0 N–H and O–H groups in total. The zero-order valence-electron chi connectivity index (χ0n) is 7.83. The van der Waals surface area contributed by atoms with Crippen molar-refractivity contribution >= 4 is 26.7 Å². The maximum absolute atomic E-state index is 3.74. The lowest BCUT2D eigenvalue weighted by molar-refractivity contribution is 1.29. The predicted octanol–water partition coefficient (Wildman–Crippen LogP) is 4.33. The Hall–Kier alpha value is -1.08. The van der Waals surface area contributed by atoms with E-state index >= 15 is 0 Å². The molecule has 0 aliphatic rings. The maximum Gasteiger partial charge on any atom is 0.0181 e. The normalized spacial score (nSPS) is 10.4. The number of allylic oxidation sites excluding steroid dienone is 1. The van der Waals surface area contributed by atoms with E-state index in [0.29, 0.717) is 0 Å². The molecule has 0 saturated carbocycles. The summed E-state index contributed by atoms with van der Waals surface area (Å²) in [6.45, 7) is 3.74. The Morgan fingerprint density at radius 2 is 1.79 bits per heavy atom. The molecule has 0 fully saturated rings. The van der Waals surface area contributed by atoms with Crippen molar-refractivity contribution in [3.05, 3.63) is 59.1 Å². The lowest BCUT2D eigenvalue weighted by Gasteiger charge is -2.01. The second-order valence-corrected chi connectivity index (χ2v) is 4.23. The summed E-state index contributed by atoms with van der Waals surface area (Å²) < 4.78 is 1.13. The van der Waals surface area contributed by atoms with Gasteiger partial charge in [0.25, 0.3) is 0 Å². The van der Waals surface area contributed by atoms with Crippen molar-refractivity contribution < 1.29 is 0 Å². The van der Waals surface area contributed by atoms with Crippen molar-refractivity contribution in [2.45, 2.75) is 6.42 Å². The van der Waals surface area contributed by atoms with Gasteiger partial charge in [0.2, 0.25) is 0 Å². The van der Waals surface area contributed by atoms with Gasteiger partial charge in [-0.25, -0.2) is 0 Å². The van der Waals surface area contributed by atoms with Crippen LogP contribution in [-0.2, 0) is 6.42 Å². The summed E-state index contributed by atoms with van der Waals surface area (Å²) in [7, 11) is 0. The Bertz CT molecular complexity index is 472. The van der Waals surface area contributed by atoms with Gasteiger partial charge in [0.1, 0.15) is 0 Å². The summed E-state index contributed by atoms with van der Waals surface area (Å²) in [6.07, 6.45) is 2.87. The van der Waals surface area contributed by atoms with Gasteiger partial charge in [-0.05, 0) is 34.9 Å². The molecule has 0 amide bonds. The number of benzene rings is 2. The van der Waals surface area contributed by atoms with E-state index in [1.807, 2.05) is 6.08 Å². The second kappa shape index (κ2) is 3.97. The minimum absolute atomic E-state index is 0.937. The van der Waals surface area contributed by atoms with E-state index in [0.717, 1.165) is 10.9 Å². The van der Waals surface area contributed by atoms with Crippen LogP contribution in [0.15, 0.2) is 53.5 Å². The third kappa shape index (κ3) is 1.88. The average molecular weight is 247 g/mol. The SMILES string of the molecule is C=CCc1ccc2cc(Br)ccc2c1. The quantitative estimate of drug-likeness (QED) is 0.693. The molecule has 0 atom stereocenters. The van der Waals surface area contributed by atoms with Gasteiger partial charge in [-0.3, -0.25) is 0 Å². The first-order chi connectivity index (χ1) is 6.79. The highest BCUT2D eigenvalue weighted by molar-refractivity contribution is 9.10. The minimum Gasteiger partial charge on any atom is -0.103 e. The fraction of sp³-hybridized carbons (Fsp3) is 0.0769. The summed E-state index contributed by atoms with van der Waals surface area (Å²) in [6, 6.07) is 12.8. The van der Waals surface area contributed by atoms with Gasteiger partial charge in [-0.1, -0.05) is 46.3 Å². The number of hydrogen-bond acceptors (Lipinski definition) is 0. The van der Waals surface area contributed by atoms with Gasteiger partial charge in [-0.2, -0.15) is 0 Å². The second-order valence-electron chi connectivity index (χ2n) is 3.32.